The minimum absolute atomic E-state index is 0.239. The summed E-state index contributed by atoms with van der Waals surface area (Å²) in [5, 5.41) is 42.5. The molecule has 0 aromatic heterocycles. The smallest absolute Gasteiger partial charge is 0.122 e. The molecule has 4 N–H and O–H groups in total. The van der Waals surface area contributed by atoms with Gasteiger partial charge in [0.1, 0.15) is 23.0 Å². The number of phenols is 4. The number of aryl methyl sites for hydroxylation is 6. The zero-order valence-corrected chi connectivity index (χ0v) is 28.5. The van der Waals surface area contributed by atoms with Crippen LogP contribution in [0.3, 0.4) is 0 Å². The van der Waals surface area contributed by atoms with Gasteiger partial charge in [-0.05, 0) is 109 Å². The van der Waals surface area contributed by atoms with E-state index >= 15 is 0 Å². The van der Waals surface area contributed by atoms with Gasteiger partial charge in [0.15, 0.2) is 0 Å². The fraction of sp³-hybridized carbons (Fsp3) is 0.385. The number of aromatic hydroxyl groups is 4. The largest absolute Gasteiger partial charge is 0.508 e. The van der Waals surface area contributed by atoms with Crippen LogP contribution in [0.15, 0.2) is 48.5 Å². The Labute approximate surface area is 260 Å². The molecule has 0 atom stereocenters. The van der Waals surface area contributed by atoms with Crippen LogP contribution in [0.4, 0.5) is 0 Å². The van der Waals surface area contributed by atoms with E-state index in [4.69, 9.17) is 0 Å². The van der Waals surface area contributed by atoms with Gasteiger partial charge in [0.25, 0.3) is 0 Å². The summed E-state index contributed by atoms with van der Waals surface area (Å²) in [5.74, 6) is 1.03. The van der Waals surface area contributed by atoms with Crippen molar-refractivity contribution in [3.63, 3.8) is 0 Å². The fourth-order valence-corrected chi connectivity index (χ4v) is 5.13. The van der Waals surface area contributed by atoms with Gasteiger partial charge in [-0.25, -0.2) is 0 Å². The molecule has 0 heterocycles. The zero-order chi connectivity index (χ0) is 33.0. The normalized spacial score (nSPS) is 10.0. The van der Waals surface area contributed by atoms with Crippen molar-refractivity contribution in [2.45, 2.75) is 102 Å². The van der Waals surface area contributed by atoms with Gasteiger partial charge >= 0.3 is 0 Å². The molecule has 0 radical (unpaired) electrons. The van der Waals surface area contributed by atoms with Crippen LogP contribution in [-0.2, 0) is 19.3 Å². The molecule has 0 amide bonds. The van der Waals surface area contributed by atoms with Gasteiger partial charge in [-0.2, -0.15) is 0 Å². The van der Waals surface area contributed by atoms with Crippen LogP contribution >= 0.6 is 0 Å². The predicted molar refractivity (Wildman–Crippen MR) is 183 cm³/mol. The lowest BCUT2D eigenvalue weighted by Crippen LogP contribution is -2.01. The lowest BCUT2D eigenvalue weighted by Gasteiger charge is -2.17. The first kappa shape index (κ1) is 37.1. The molecular formula is C39H54O4. The van der Waals surface area contributed by atoms with Crippen molar-refractivity contribution in [1.29, 1.82) is 0 Å². The molecule has 4 rings (SSSR count). The van der Waals surface area contributed by atoms with E-state index in [1.54, 1.807) is 12.1 Å². The summed E-state index contributed by atoms with van der Waals surface area (Å²) >= 11 is 0. The highest BCUT2D eigenvalue weighted by Crippen LogP contribution is 2.35. The maximum absolute atomic E-state index is 11.3. The zero-order valence-electron chi connectivity index (χ0n) is 28.5. The minimum Gasteiger partial charge on any atom is -0.508 e. The predicted octanol–water partition coefficient (Wildman–Crippen LogP) is 10.2. The summed E-state index contributed by atoms with van der Waals surface area (Å²) in [6, 6.07) is 15.4. The average molecular weight is 587 g/mol. The third-order valence-corrected chi connectivity index (χ3v) is 7.28. The molecule has 4 heteroatoms. The molecule has 0 fully saturated rings. The Morgan fingerprint density at radius 2 is 0.605 bits per heavy atom. The Morgan fingerprint density at radius 1 is 0.349 bits per heavy atom. The fourth-order valence-electron chi connectivity index (χ4n) is 5.13. The van der Waals surface area contributed by atoms with Gasteiger partial charge in [0.05, 0.1) is 0 Å². The summed E-state index contributed by atoms with van der Waals surface area (Å²) in [6.07, 6.45) is 1.51. The maximum atomic E-state index is 11.3. The molecule has 234 valence electrons. The summed E-state index contributed by atoms with van der Waals surface area (Å²) in [7, 11) is 0. The van der Waals surface area contributed by atoms with Crippen molar-refractivity contribution < 1.29 is 20.4 Å². The SMILES string of the molecule is CC.CC.CC.Cc1cc(Cc2cc(C)c(O)cc2C)c(O)c(Cc2cc(C)cc(Cc3cc(C)c(O)cc3C)c2O)c1. The van der Waals surface area contributed by atoms with Crippen LogP contribution in [0, 0.1) is 41.5 Å². The van der Waals surface area contributed by atoms with E-state index in [2.05, 4.69) is 0 Å². The van der Waals surface area contributed by atoms with E-state index < -0.39 is 0 Å². The highest BCUT2D eigenvalue weighted by atomic mass is 16.3. The molecule has 0 unspecified atom stereocenters. The number of hydrogen-bond donors (Lipinski definition) is 4. The Balaban J connectivity index is 0.00000145. The molecule has 0 aliphatic carbocycles. The molecular weight excluding hydrogens is 532 g/mol. The van der Waals surface area contributed by atoms with E-state index in [0.29, 0.717) is 19.3 Å². The number of benzene rings is 4. The van der Waals surface area contributed by atoms with E-state index in [1.807, 2.05) is 119 Å². The van der Waals surface area contributed by atoms with Crippen molar-refractivity contribution in [3.8, 4) is 23.0 Å². The van der Waals surface area contributed by atoms with Crippen molar-refractivity contribution in [2.24, 2.45) is 0 Å². The van der Waals surface area contributed by atoms with E-state index in [0.717, 1.165) is 66.8 Å². The number of hydrogen-bond acceptors (Lipinski definition) is 4. The molecule has 0 saturated carbocycles. The van der Waals surface area contributed by atoms with Gasteiger partial charge in [0.2, 0.25) is 0 Å². The van der Waals surface area contributed by atoms with E-state index in [-0.39, 0.29) is 23.0 Å². The maximum Gasteiger partial charge on any atom is 0.122 e. The number of rotatable bonds is 6. The first-order valence-electron chi connectivity index (χ1n) is 15.6. The second-order valence-electron chi connectivity index (χ2n) is 10.5. The van der Waals surface area contributed by atoms with Crippen molar-refractivity contribution in [2.75, 3.05) is 0 Å². The Hall–Kier alpha value is -3.92. The molecule has 4 aromatic rings. The summed E-state index contributed by atoms with van der Waals surface area (Å²) < 4.78 is 0. The molecule has 0 aliphatic rings. The first-order chi connectivity index (χ1) is 20.4. The summed E-state index contributed by atoms with van der Waals surface area (Å²) in [4.78, 5) is 0. The molecule has 0 bridgehead atoms. The van der Waals surface area contributed by atoms with Gasteiger partial charge < -0.3 is 20.4 Å². The van der Waals surface area contributed by atoms with Crippen LogP contribution < -0.4 is 0 Å². The van der Waals surface area contributed by atoms with Crippen LogP contribution in [0.1, 0.15) is 108 Å². The van der Waals surface area contributed by atoms with Crippen molar-refractivity contribution in [1.82, 2.24) is 0 Å². The van der Waals surface area contributed by atoms with Crippen molar-refractivity contribution in [3.05, 3.63) is 115 Å². The standard InChI is InChI=1S/C33H36O4.3C2H6/c1-18-7-26(15-24-11-22(5)30(34)13-20(24)3)32(36)28(9-18)17-29-10-19(2)8-27(33(29)37)16-25-12-23(6)31(35)14-21(25)4;3*1-2/h7-14,34-37H,15-17H2,1-6H3;3*1-2H3. The molecule has 4 nitrogen and oxygen atoms in total. The molecule has 4 aromatic carbocycles. The average Bonchev–Trinajstić information content (AvgIpc) is 2.98. The summed E-state index contributed by atoms with van der Waals surface area (Å²) in [5.41, 5.74) is 11.0. The van der Waals surface area contributed by atoms with Gasteiger partial charge in [-0.1, -0.05) is 89.1 Å². The molecule has 0 aliphatic heterocycles. The van der Waals surface area contributed by atoms with Gasteiger partial charge in [-0.3, -0.25) is 0 Å². The molecule has 0 saturated heterocycles. The van der Waals surface area contributed by atoms with Crippen molar-refractivity contribution >= 4 is 0 Å². The van der Waals surface area contributed by atoms with Crippen LogP contribution in [0.5, 0.6) is 23.0 Å². The Bertz CT molecular complexity index is 1390. The van der Waals surface area contributed by atoms with E-state index in [9.17, 15) is 20.4 Å². The van der Waals surface area contributed by atoms with Crippen LogP contribution in [0.2, 0.25) is 0 Å². The lowest BCUT2D eigenvalue weighted by atomic mass is 9.90. The minimum atomic E-state index is 0.239. The quantitative estimate of drug-likeness (QED) is 0.181. The topological polar surface area (TPSA) is 80.9 Å². The second kappa shape index (κ2) is 17.3. The van der Waals surface area contributed by atoms with Gasteiger partial charge in [-0.15, -0.1) is 0 Å². The Morgan fingerprint density at radius 3 is 0.884 bits per heavy atom. The Kier molecular flexibility index (Phi) is 14.9. The third-order valence-electron chi connectivity index (χ3n) is 7.28. The number of phenolic OH excluding ortho intramolecular Hbond substituents is 4. The summed E-state index contributed by atoms with van der Waals surface area (Å²) in [6.45, 7) is 23.7. The van der Waals surface area contributed by atoms with E-state index in [1.165, 1.54) is 0 Å². The highest BCUT2D eigenvalue weighted by molar-refractivity contribution is 5.54. The second-order valence-corrected chi connectivity index (χ2v) is 10.5. The van der Waals surface area contributed by atoms with Gasteiger partial charge in [0, 0.05) is 19.3 Å². The lowest BCUT2D eigenvalue weighted by molar-refractivity contribution is 0.456. The molecule has 0 spiro atoms. The van der Waals surface area contributed by atoms with Crippen LogP contribution in [-0.4, -0.2) is 20.4 Å². The monoisotopic (exact) mass is 586 g/mol. The third kappa shape index (κ3) is 9.54. The molecule has 43 heavy (non-hydrogen) atoms. The highest BCUT2D eigenvalue weighted by Gasteiger charge is 2.17. The first-order valence-corrected chi connectivity index (χ1v) is 15.6. The van der Waals surface area contributed by atoms with Crippen LogP contribution in [0.25, 0.3) is 0 Å².